The molecule has 1 fully saturated rings. The first-order chi connectivity index (χ1) is 16.8. The Hall–Kier alpha value is -2.66. The van der Waals surface area contributed by atoms with Crippen molar-refractivity contribution in [3.05, 3.63) is 107 Å². The summed E-state index contributed by atoms with van der Waals surface area (Å²) >= 11 is 3.78. The van der Waals surface area contributed by atoms with Crippen LogP contribution in [0.5, 0.6) is 0 Å². The first-order valence-electron chi connectivity index (χ1n) is 12.4. The fraction of sp³-hybridized carbons (Fsp3) is 0.267. The predicted octanol–water partition coefficient (Wildman–Crippen LogP) is 6.37. The van der Waals surface area contributed by atoms with Gasteiger partial charge in [0.05, 0.1) is 6.04 Å². The molecule has 34 heavy (non-hydrogen) atoms. The molecule has 0 aromatic heterocycles. The number of hydrogen-bond acceptors (Lipinski definition) is 3. The summed E-state index contributed by atoms with van der Waals surface area (Å²) in [6, 6.07) is 12.1. The lowest BCUT2D eigenvalue weighted by molar-refractivity contribution is 0.227. The molecule has 0 radical (unpaired) electrons. The molecule has 5 unspecified atom stereocenters. The Balaban J connectivity index is 1.35. The van der Waals surface area contributed by atoms with Crippen molar-refractivity contribution < 1.29 is 0 Å². The maximum Gasteiger partial charge on any atom is 0.136 e. The lowest BCUT2D eigenvalue weighted by Gasteiger charge is -2.48. The second-order valence-electron chi connectivity index (χ2n) is 9.77. The van der Waals surface area contributed by atoms with Crippen LogP contribution in [0.2, 0.25) is 0 Å². The smallest absolute Gasteiger partial charge is 0.136 e. The quantitative estimate of drug-likeness (QED) is 0.492. The van der Waals surface area contributed by atoms with Gasteiger partial charge in [-0.1, -0.05) is 94.9 Å². The van der Waals surface area contributed by atoms with E-state index in [2.05, 4.69) is 123 Å². The van der Waals surface area contributed by atoms with Crippen molar-refractivity contribution in [2.75, 3.05) is 4.90 Å². The standard InChI is InChI=1S/C30H28BrN3/c31-24-14-8-13-21-20(24)17-18-27-28(21)23-12-5-7-16-26(23)34(27)30-32-25-15-6-4-11-22(25)29(33-30)19-9-2-1-3-10-19/h2,4-15,17-18,22,25-26,29-30,32-33H,1,3,16H2. The highest BCUT2D eigenvalue weighted by Crippen LogP contribution is 2.48. The molecule has 7 rings (SSSR count). The van der Waals surface area contributed by atoms with Crippen molar-refractivity contribution in [2.45, 2.75) is 43.7 Å². The number of benzene rings is 2. The van der Waals surface area contributed by atoms with Crippen molar-refractivity contribution in [2.24, 2.45) is 5.92 Å². The minimum absolute atomic E-state index is 0.0457. The van der Waals surface area contributed by atoms with Crippen molar-refractivity contribution in [1.29, 1.82) is 0 Å². The summed E-state index contributed by atoms with van der Waals surface area (Å²) in [4.78, 5) is 2.60. The Labute approximate surface area is 209 Å². The van der Waals surface area contributed by atoms with Gasteiger partial charge in [0, 0.05) is 33.7 Å². The molecule has 0 saturated carbocycles. The Morgan fingerprint density at radius 3 is 2.76 bits per heavy atom. The number of halogens is 1. The number of rotatable bonds is 2. The van der Waals surface area contributed by atoms with Crippen LogP contribution in [0.15, 0.2) is 101 Å². The zero-order valence-corrected chi connectivity index (χ0v) is 20.6. The van der Waals surface area contributed by atoms with E-state index in [0.29, 0.717) is 24.0 Å². The zero-order chi connectivity index (χ0) is 22.6. The van der Waals surface area contributed by atoms with Crippen LogP contribution < -0.4 is 15.5 Å². The number of allylic oxidation sites excluding steroid dienone is 6. The van der Waals surface area contributed by atoms with Gasteiger partial charge < -0.3 is 4.90 Å². The molecule has 2 aliphatic heterocycles. The van der Waals surface area contributed by atoms with Gasteiger partial charge in [0.25, 0.3) is 0 Å². The van der Waals surface area contributed by atoms with Gasteiger partial charge in [-0.05, 0) is 53.3 Å². The average Bonchev–Trinajstić information content (AvgIpc) is 3.24. The first kappa shape index (κ1) is 20.7. The highest BCUT2D eigenvalue weighted by atomic mass is 79.9. The van der Waals surface area contributed by atoms with E-state index in [-0.39, 0.29) is 6.29 Å². The molecule has 5 aliphatic rings. The molecule has 2 aromatic carbocycles. The van der Waals surface area contributed by atoms with E-state index >= 15 is 0 Å². The van der Waals surface area contributed by atoms with E-state index in [1.54, 1.807) is 0 Å². The highest BCUT2D eigenvalue weighted by molar-refractivity contribution is 9.10. The molecule has 4 heteroatoms. The molecule has 0 amide bonds. The largest absolute Gasteiger partial charge is 0.335 e. The third kappa shape index (κ3) is 3.16. The third-order valence-corrected chi connectivity index (χ3v) is 8.62. The van der Waals surface area contributed by atoms with E-state index in [1.165, 1.54) is 33.2 Å². The van der Waals surface area contributed by atoms with Crippen LogP contribution in [0.25, 0.3) is 16.3 Å². The molecule has 1 saturated heterocycles. The Bertz CT molecular complexity index is 1340. The summed E-state index contributed by atoms with van der Waals surface area (Å²) in [5.74, 6) is 0.408. The zero-order valence-electron chi connectivity index (χ0n) is 19.0. The molecule has 3 nitrogen and oxygen atoms in total. The monoisotopic (exact) mass is 509 g/mol. The summed E-state index contributed by atoms with van der Waals surface area (Å²) in [5, 5.41) is 10.6. The van der Waals surface area contributed by atoms with E-state index in [0.717, 1.165) is 23.7 Å². The minimum atomic E-state index is 0.0457. The lowest BCUT2D eigenvalue weighted by Crippen LogP contribution is -2.69. The summed E-state index contributed by atoms with van der Waals surface area (Å²) in [7, 11) is 0. The van der Waals surface area contributed by atoms with E-state index in [4.69, 9.17) is 0 Å². The molecule has 5 atom stereocenters. The van der Waals surface area contributed by atoms with Crippen LogP contribution in [-0.4, -0.2) is 24.4 Å². The molecule has 0 spiro atoms. The van der Waals surface area contributed by atoms with Crippen molar-refractivity contribution in [1.82, 2.24) is 10.6 Å². The SMILES string of the molecule is Brc1cccc2c3c(ccc12)N(C1NC2C=CC=CC2C(C2=CCCC=C2)N1)C1CC=CC=C31. The van der Waals surface area contributed by atoms with Gasteiger partial charge >= 0.3 is 0 Å². The van der Waals surface area contributed by atoms with E-state index in [9.17, 15) is 0 Å². The Kier molecular flexibility index (Phi) is 5.01. The molecule has 170 valence electrons. The molecule has 2 N–H and O–H groups in total. The van der Waals surface area contributed by atoms with Crippen LogP contribution >= 0.6 is 15.9 Å². The number of hydrogen-bond donors (Lipinski definition) is 2. The molecule has 0 bridgehead atoms. The van der Waals surface area contributed by atoms with Gasteiger partial charge in [-0.15, -0.1) is 0 Å². The summed E-state index contributed by atoms with van der Waals surface area (Å²) < 4.78 is 1.15. The number of fused-ring (bicyclic) bond motifs is 6. The topological polar surface area (TPSA) is 27.3 Å². The second-order valence-corrected chi connectivity index (χ2v) is 10.6. The third-order valence-electron chi connectivity index (χ3n) is 7.93. The molecule has 2 heterocycles. The van der Waals surface area contributed by atoms with Crippen LogP contribution in [0.4, 0.5) is 5.69 Å². The summed E-state index contributed by atoms with van der Waals surface area (Å²) in [5.41, 5.74) is 5.55. The maximum absolute atomic E-state index is 4.05. The Morgan fingerprint density at radius 1 is 0.912 bits per heavy atom. The molecular formula is C30H28BrN3. The van der Waals surface area contributed by atoms with Crippen molar-refractivity contribution in [3.8, 4) is 0 Å². The van der Waals surface area contributed by atoms with Gasteiger partial charge in [0.2, 0.25) is 0 Å². The predicted molar refractivity (Wildman–Crippen MR) is 146 cm³/mol. The van der Waals surface area contributed by atoms with Crippen molar-refractivity contribution >= 4 is 38.0 Å². The van der Waals surface area contributed by atoms with Crippen molar-refractivity contribution in [3.63, 3.8) is 0 Å². The summed E-state index contributed by atoms with van der Waals surface area (Å²) in [6.07, 6.45) is 26.4. The second kappa shape index (κ2) is 8.23. The molecule has 2 aromatic rings. The summed E-state index contributed by atoms with van der Waals surface area (Å²) in [6.45, 7) is 0. The fourth-order valence-electron chi connectivity index (χ4n) is 6.41. The van der Waals surface area contributed by atoms with Crippen LogP contribution in [0.3, 0.4) is 0 Å². The molecular weight excluding hydrogens is 482 g/mol. The fourth-order valence-corrected chi connectivity index (χ4v) is 6.91. The first-order valence-corrected chi connectivity index (χ1v) is 13.2. The minimum Gasteiger partial charge on any atom is -0.335 e. The average molecular weight is 510 g/mol. The number of nitrogens with one attached hydrogen (secondary N) is 2. The number of anilines is 1. The van der Waals surface area contributed by atoms with Gasteiger partial charge in [-0.2, -0.15) is 0 Å². The molecule has 3 aliphatic carbocycles. The van der Waals surface area contributed by atoms with E-state index in [1.807, 2.05) is 0 Å². The normalized spacial score (nSPS) is 31.2. The van der Waals surface area contributed by atoms with Gasteiger partial charge in [0.15, 0.2) is 0 Å². The van der Waals surface area contributed by atoms with Crippen LogP contribution in [0, 0.1) is 5.92 Å². The van der Waals surface area contributed by atoms with E-state index < -0.39 is 0 Å². The lowest BCUT2D eigenvalue weighted by atomic mass is 9.81. The van der Waals surface area contributed by atoms with Gasteiger partial charge in [0.1, 0.15) is 6.29 Å². The van der Waals surface area contributed by atoms with Gasteiger partial charge in [-0.25, -0.2) is 0 Å². The van der Waals surface area contributed by atoms with Gasteiger partial charge in [-0.3, -0.25) is 10.6 Å². The highest BCUT2D eigenvalue weighted by Gasteiger charge is 2.44. The Morgan fingerprint density at radius 2 is 1.85 bits per heavy atom. The number of nitrogens with zero attached hydrogens (tertiary/aromatic N) is 1. The van der Waals surface area contributed by atoms with Crippen LogP contribution in [-0.2, 0) is 0 Å². The maximum atomic E-state index is 4.05. The van der Waals surface area contributed by atoms with Crippen LogP contribution in [0.1, 0.15) is 24.8 Å².